The van der Waals surface area contributed by atoms with Gasteiger partial charge in [0.25, 0.3) is 0 Å². The summed E-state index contributed by atoms with van der Waals surface area (Å²) in [5.74, 6) is -1.19. The lowest BCUT2D eigenvalue weighted by Crippen LogP contribution is -2.40. The summed E-state index contributed by atoms with van der Waals surface area (Å²) in [7, 11) is 0. The number of ether oxygens (including phenoxy) is 1. The molecule has 0 radical (unpaired) electrons. The molecule has 1 aliphatic heterocycles. The normalized spacial score (nSPS) is 14.1. The van der Waals surface area contributed by atoms with Crippen LogP contribution in [0.25, 0.3) is 0 Å². The summed E-state index contributed by atoms with van der Waals surface area (Å²) in [6, 6.07) is 12.1. The third-order valence-electron chi connectivity index (χ3n) is 4.22. The summed E-state index contributed by atoms with van der Waals surface area (Å²) in [5.41, 5.74) is 2.32. The van der Waals surface area contributed by atoms with Crippen molar-refractivity contribution in [3.05, 3.63) is 52.2 Å². The van der Waals surface area contributed by atoms with Gasteiger partial charge in [-0.1, -0.05) is 18.2 Å². The first kappa shape index (κ1) is 18.4. The summed E-state index contributed by atoms with van der Waals surface area (Å²) in [6.45, 7) is 4.17. The van der Waals surface area contributed by atoms with E-state index >= 15 is 0 Å². The number of anilines is 1. The average Bonchev–Trinajstić information content (AvgIpc) is 3.21. The summed E-state index contributed by atoms with van der Waals surface area (Å²) in [6.07, 6.45) is 0.688. The molecular weight excluding hydrogens is 350 g/mol. The van der Waals surface area contributed by atoms with Crippen molar-refractivity contribution >= 4 is 28.8 Å². The lowest BCUT2D eigenvalue weighted by molar-refractivity contribution is -0.139. The number of carbonyl (C=O) groups is 2. The molecule has 7 heteroatoms. The second-order valence-electron chi connectivity index (χ2n) is 6.03. The number of hydrogen-bond donors (Lipinski definition) is 2. The van der Waals surface area contributed by atoms with E-state index in [1.165, 1.54) is 5.69 Å². The van der Waals surface area contributed by atoms with Gasteiger partial charge < -0.3 is 20.3 Å². The number of nitrogens with one attached hydrogen (secondary N) is 2. The zero-order chi connectivity index (χ0) is 18.2. The van der Waals surface area contributed by atoms with E-state index in [2.05, 4.69) is 39.8 Å². The van der Waals surface area contributed by atoms with Gasteiger partial charge in [-0.25, -0.2) is 0 Å². The van der Waals surface area contributed by atoms with Crippen LogP contribution >= 0.6 is 11.3 Å². The van der Waals surface area contributed by atoms with Crippen molar-refractivity contribution in [3.63, 3.8) is 0 Å². The van der Waals surface area contributed by atoms with Gasteiger partial charge in [-0.05, 0) is 35.6 Å². The molecule has 2 heterocycles. The maximum Gasteiger partial charge on any atom is 0.309 e. The van der Waals surface area contributed by atoms with Gasteiger partial charge in [0.1, 0.15) is 0 Å². The van der Waals surface area contributed by atoms with Crippen molar-refractivity contribution < 1.29 is 14.3 Å². The van der Waals surface area contributed by atoms with Gasteiger partial charge in [-0.3, -0.25) is 9.59 Å². The zero-order valence-corrected chi connectivity index (χ0v) is 15.4. The summed E-state index contributed by atoms with van der Waals surface area (Å²) < 4.78 is 5.36. The fourth-order valence-corrected chi connectivity index (χ4v) is 3.40. The highest BCUT2D eigenvalue weighted by Crippen LogP contribution is 2.16. The van der Waals surface area contributed by atoms with Gasteiger partial charge in [0, 0.05) is 30.2 Å². The molecule has 1 saturated heterocycles. The van der Waals surface area contributed by atoms with Crippen LogP contribution in [0.2, 0.25) is 0 Å². The minimum atomic E-state index is -0.596. The van der Waals surface area contributed by atoms with Gasteiger partial charge in [0.15, 0.2) is 0 Å². The molecule has 1 aliphatic rings. The Kier molecular flexibility index (Phi) is 6.62. The van der Waals surface area contributed by atoms with Crippen LogP contribution in [0.15, 0.2) is 41.8 Å². The molecule has 0 spiro atoms. The van der Waals surface area contributed by atoms with E-state index in [9.17, 15) is 9.59 Å². The molecule has 2 N–H and O–H groups in total. The molecule has 0 atom stereocenters. The Morgan fingerprint density at radius 2 is 1.77 bits per heavy atom. The number of thiophene rings is 1. The molecule has 1 fully saturated rings. The predicted molar refractivity (Wildman–Crippen MR) is 102 cm³/mol. The Morgan fingerprint density at radius 3 is 2.46 bits per heavy atom. The molecule has 2 aromatic rings. The molecule has 6 nitrogen and oxygen atoms in total. The molecule has 0 aliphatic carbocycles. The van der Waals surface area contributed by atoms with E-state index < -0.39 is 11.8 Å². The summed E-state index contributed by atoms with van der Waals surface area (Å²) in [5, 5.41) is 7.22. The highest BCUT2D eigenvalue weighted by molar-refractivity contribution is 7.09. The molecule has 26 heavy (non-hydrogen) atoms. The number of rotatable bonds is 6. The lowest BCUT2D eigenvalue weighted by atomic mass is 10.1. The van der Waals surface area contributed by atoms with Gasteiger partial charge in [-0.2, -0.15) is 0 Å². The molecule has 0 saturated carbocycles. The number of morpholine rings is 1. The first-order valence-electron chi connectivity index (χ1n) is 8.72. The van der Waals surface area contributed by atoms with E-state index in [0.29, 0.717) is 19.5 Å². The maximum absolute atomic E-state index is 11.8. The fraction of sp³-hybridized carbons (Fsp3) is 0.368. The van der Waals surface area contributed by atoms with Crippen molar-refractivity contribution in [2.24, 2.45) is 0 Å². The van der Waals surface area contributed by atoms with Gasteiger partial charge >= 0.3 is 11.8 Å². The number of benzene rings is 1. The minimum Gasteiger partial charge on any atom is -0.378 e. The van der Waals surface area contributed by atoms with Crippen LogP contribution in [0.1, 0.15) is 10.4 Å². The molecule has 1 aromatic heterocycles. The molecule has 0 unspecified atom stereocenters. The first-order chi connectivity index (χ1) is 12.7. The lowest BCUT2D eigenvalue weighted by Gasteiger charge is -2.28. The highest BCUT2D eigenvalue weighted by Gasteiger charge is 2.13. The Hall–Kier alpha value is -2.38. The topological polar surface area (TPSA) is 70.7 Å². The average molecular weight is 373 g/mol. The predicted octanol–water partition coefficient (Wildman–Crippen LogP) is 1.56. The summed E-state index contributed by atoms with van der Waals surface area (Å²) in [4.78, 5) is 26.9. The Balaban J connectivity index is 1.38. The van der Waals surface area contributed by atoms with Crippen LogP contribution in [-0.4, -0.2) is 44.7 Å². The van der Waals surface area contributed by atoms with Crippen LogP contribution in [-0.2, 0) is 27.3 Å². The van der Waals surface area contributed by atoms with Crippen LogP contribution in [0, 0.1) is 0 Å². The Labute approximate surface area is 157 Å². The number of nitrogens with zero attached hydrogens (tertiary/aromatic N) is 1. The maximum atomic E-state index is 11.8. The third kappa shape index (κ3) is 5.31. The molecular formula is C19H23N3O3S. The van der Waals surface area contributed by atoms with Gasteiger partial charge in [0.2, 0.25) is 0 Å². The molecule has 138 valence electrons. The van der Waals surface area contributed by atoms with Crippen LogP contribution < -0.4 is 15.5 Å². The molecule has 0 bridgehead atoms. The van der Waals surface area contributed by atoms with Crippen LogP contribution in [0.3, 0.4) is 0 Å². The zero-order valence-electron chi connectivity index (χ0n) is 14.6. The van der Waals surface area contributed by atoms with E-state index in [4.69, 9.17) is 4.74 Å². The number of carbonyl (C=O) groups excluding carboxylic acids is 2. The quantitative estimate of drug-likeness (QED) is 0.754. The Bertz CT molecular complexity index is 710. The van der Waals surface area contributed by atoms with Gasteiger partial charge in [-0.15, -0.1) is 11.3 Å². The third-order valence-corrected chi connectivity index (χ3v) is 5.10. The standard InChI is InChI=1S/C19H23N3O3S/c23-18(19(24)21-14-17-2-1-13-26-17)20-8-7-15-3-5-16(6-4-15)22-9-11-25-12-10-22/h1-6,13H,7-12,14H2,(H,20,23)(H,21,24). The van der Waals surface area contributed by atoms with Crippen molar-refractivity contribution in [2.75, 3.05) is 37.7 Å². The van der Waals surface area contributed by atoms with Crippen molar-refractivity contribution in [2.45, 2.75) is 13.0 Å². The first-order valence-corrected chi connectivity index (χ1v) is 9.60. The Morgan fingerprint density at radius 1 is 1.04 bits per heavy atom. The second-order valence-corrected chi connectivity index (χ2v) is 7.07. The minimum absolute atomic E-state index is 0.382. The van der Waals surface area contributed by atoms with Gasteiger partial charge in [0.05, 0.1) is 19.8 Å². The van der Waals surface area contributed by atoms with E-state index in [-0.39, 0.29) is 0 Å². The fourth-order valence-electron chi connectivity index (χ4n) is 2.76. The monoisotopic (exact) mass is 373 g/mol. The van der Waals surface area contributed by atoms with E-state index in [1.54, 1.807) is 11.3 Å². The van der Waals surface area contributed by atoms with E-state index in [0.717, 1.165) is 36.7 Å². The number of amides is 2. The van der Waals surface area contributed by atoms with Crippen molar-refractivity contribution in [3.8, 4) is 0 Å². The molecule has 1 aromatic carbocycles. The second kappa shape index (κ2) is 9.35. The highest BCUT2D eigenvalue weighted by atomic mass is 32.1. The van der Waals surface area contributed by atoms with E-state index in [1.807, 2.05) is 17.5 Å². The van der Waals surface area contributed by atoms with Crippen LogP contribution in [0.4, 0.5) is 5.69 Å². The van der Waals surface area contributed by atoms with Crippen molar-refractivity contribution in [1.82, 2.24) is 10.6 Å². The number of hydrogen-bond acceptors (Lipinski definition) is 5. The smallest absolute Gasteiger partial charge is 0.309 e. The molecule has 3 rings (SSSR count). The van der Waals surface area contributed by atoms with Crippen molar-refractivity contribution in [1.29, 1.82) is 0 Å². The SMILES string of the molecule is O=C(NCCc1ccc(N2CCOCC2)cc1)C(=O)NCc1cccs1. The summed E-state index contributed by atoms with van der Waals surface area (Å²) >= 11 is 1.55. The molecule has 2 amide bonds. The van der Waals surface area contributed by atoms with Crippen LogP contribution in [0.5, 0.6) is 0 Å². The largest absolute Gasteiger partial charge is 0.378 e.